The van der Waals surface area contributed by atoms with Gasteiger partial charge in [-0.2, -0.15) is 0 Å². The number of ether oxygens (including phenoxy) is 2. The van der Waals surface area contributed by atoms with Gasteiger partial charge < -0.3 is 20.5 Å². The van der Waals surface area contributed by atoms with Gasteiger partial charge in [0.1, 0.15) is 24.0 Å². The predicted molar refractivity (Wildman–Crippen MR) is 99.3 cm³/mol. The van der Waals surface area contributed by atoms with Crippen LogP contribution in [0.3, 0.4) is 0 Å². The number of nitrogens with one attached hydrogen (secondary N) is 1. The highest BCUT2D eigenvalue weighted by molar-refractivity contribution is 7.98. The molecule has 3 N–H and O–H groups in total. The van der Waals surface area contributed by atoms with Gasteiger partial charge in [0.15, 0.2) is 5.16 Å². The molecule has 7 nitrogen and oxygen atoms in total. The van der Waals surface area contributed by atoms with Gasteiger partial charge in [-0.1, -0.05) is 23.9 Å². The molecular weight excluding hydrogens is 352 g/mol. The molecule has 0 saturated carbocycles. The van der Waals surface area contributed by atoms with Crippen LogP contribution in [0.15, 0.2) is 40.7 Å². The quantitative estimate of drug-likeness (QED) is 0.481. The zero-order valence-corrected chi connectivity index (χ0v) is 15.2. The van der Waals surface area contributed by atoms with Crippen molar-refractivity contribution < 1.29 is 14.3 Å². The number of cyclic esters (lactones) is 1. The summed E-state index contributed by atoms with van der Waals surface area (Å²) in [6, 6.07) is 7.63. The van der Waals surface area contributed by atoms with Crippen molar-refractivity contribution >= 4 is 29.4 Å². The van der Waals surface area contributed by atoms with Crippen molar-refractivity contribution in [3.8, 4) is 5.75 Å². The molecule has 0 aliphatic carbocycles. The van der Waals surface area contributed by atoms with Crippen molar-refractivity contribution in [2.75, 3.05) is 30.5 Å². The molecule has 0 spiro atoms. The first-order chi connectivity index (χ1) is 12.6. The third kappa shape index (κ3) is 2.66. The number of rotatable bonds is 4. The first-order valence-electron chi connectivity index (χ1n) is 8.23. The third-order valence-electron chi connectivity index (χ3n) is 4.40. The third-order valence-corrected chi connectivity index (χ3v) is 4.95. The fourth-order valence-corrected chi connectivity index (χ4v) is 3.66. The van der Waals surface area contributed by atoms with E-state index in [1.54, 1.807) is 0 Å². The lowest BCUT2D eigenvalue weighted by Gasteiger charge is -2.27. The highest BCUT2D eigenvalue weighted by Gasteiger charge is 2.40. The summed E-state index contributed by atoms with van der Waals surface area (Å²) in [6.07, 6.45) is 1.89. The summed E-state index contributed by atoms with van der Waals surface area (Å²) in [7, 11) is 0. The first-order valence-corrected chi connectivity index (χ1v) is 9.46. The summed E-state index contributed by atoms with van der Waals surface area (Å²) >= 11 is 1.41. The number of hydrogen-bond donors (Lipinski definition) is 2. The van der Waals surface area contributed by atoms with Crippen molar-refractivity contribution in [2.45, 2.75) is 18.0 Å². The number of benzene rings is 1. The highest BCUT2D eigenvalue weighted by Crippen LogP contribution is 2.46. The molecule has 1 unspecified atom stereocenters. The Morgan fingerprint density at radius 3 is 2.81 bits per heavy atom. The Labute approximate surface area is 155 Å². The number of hydrogen-bond acceptors (Lipinski definition) is 8. The Morgan fingerprint density at radius 2 is 2.12 bits per heavy atom. The van der Waals surface area contributed by atoms with Crippen molar-refractivity contribution in [3.05, 3.63) is 46.7 Å². The summed E-state index contributed by atoms with van der Waals surface area (Å²) in [5.74, 6) is 1.04. The average molecular weight is 370 g/mol. The van der Waals surface area contributed by atoms with Crippen LogP contribution >= 0.6 is 11.8 Å². The van der Waals surface area contributed by atoms with Crippen molar-refractivity contribution in [2.24, 2.45) is 0 Å². The van der Waals surface area contributed by atoms with E-state index in [-0.39, 0.29) is 18.5 Å². The maximum Gasteiger partial charge on any atom is 0.337 e. The molecule has 0 radical (unpaired) electrons. The number of aromatic nitrogens is 2. The molecule has 134 valence electrons. The second kappa shape index (κ2) is 6.53. The van der Waals surface area contributed by atoms with Gasteiger partial charge in [-0.25, -0.2) is 14.8 Å². The fraction of sp³-hybridized carbons (Fsp3) is 0.278. The van der Waals surface area contributed by atoms with E-state index in [9.17, 15) is 4.79 Å². The van der Waals surface area contributed by atoms with Gasteiger partial charge in [-0.15, -0.1) is 0 Å². The minimum Gasteiger partial charge on any atom is -0.494 e. The summed E-state index contributed by atoms with van der Waals surface area (Å²) in [6.45, 7) is 2.74. The fourth-order valence-electron chi connectivity index (χ4n) is 3.29. The van der Waals surface area contributed by atoms with E-state index in [4.69, 9.17) is 15.2 Å². The number of carbonyl (C=O) groups excluding carboxylic acids is 1. The Kier molecular flexibility index (Phi) is 4.20. The Bertz CT molecular complexity index is 911. The van der Waals surface area contributed by atoms with Gasteiger partial charge in [-0.05, 0) is 30.9 Å². The molecule has 26 heavy (non-hydrogen) atoms. The van der Waals surface area contributed by atoms with Crippen LogP contribution in [-0.2, 0) is 9.53 Å². The standard InChI is InChI=1S/C18H18N4O3S/c1-3-24-10-6-4-9(5-7-10)12-13-11(8-25-17(13)23)20-16-14(12)15(19)21-18(22-16)26-2/h4-7,12H,3,8H2,1-2H3,(H3,19,20,21,22). The molecule has 2 aromatic rings. The molecular formula is C18H18N4O3S. The number of nitrogen functional groups attached to an aromatic ring is 1. The zero-order chi connectivity index (χ0) is 18.3. The van der Waals surface area contributed by atoms with Crippen LogP contribution in [0.25, 0.3) is 0 Å². The number of nitrogens with zero attached hydrogens (tertiary/aromatic N) is 2. The van der Waals surface area contributed by atoms with Crippen LogP contribution in [0.5, 0.6) is 5.75 Å². The van der Waals surface area contributed by atoms with Crippen molar-refractivity contribution in [3.63, 3.8) is 0 Å². The molecule has 4 rings (SSSR count). The lowest BCUT2D eigenvalue weighted by atomic mass is 9.82. The lowest BCUT2D eigenvalue weighted by Crippen LogP contribution is -2.23. The molecule has 8 heteroatoms. The van der Waals surface area contributed by atoms with E-state index in [0.29, 0.717) is 34.5 Å². The van der Waals surface area contributed by atoms with Gasteiger partial charge in [0.25, 0.3) is 0 Å². The topological polar surface area (TPSA) is 99.4 Å². The number of esters is 1. The summed E-state index contributed by atoms with van der Waals surface area (Å²) in [5.41, 5.74) is 9.15. The number of carbonyl (C=O) groups is 1. The van der Waals surface area contributed by atoms with E-state index in [1.165, 1.54) is 11.8 Å². The second-order valence-corrected chi connectivity index (χ2v) is 6.66. The van der Waals surface area contributed by atoms with Crippen LogP contribution in [-0.4, -0.2) is 35.4 Å². The molecule has 0 fully saturated rings. The minimum atomic E-state index is -0.372. The average Bonchev–Trinajstić information content (AvgIpc) is 3.01. The van der Waals surface area contributed by atoms with Crippen molar-refractivity contribution in [1.82, 2.24) is 9.97 Å². The maximum absolute atomic E-state index is 12.4. The normalized spacial score (nSPS) is 18.1. The minimum absolute atomic E-state index is 0.208. The van der Waals surface area contributed by atoms with E-state index < -0.39 is 0 Å². The molecule has 1 aromatic heterocycles. The van der Waals surface area contributed by atoms with Gasteiger partial charge in [0, 0.05) is 5.56 Å². The Balaban J connectivity index is 1.87. The summed E-state index contributed by atoms with van der Waals surface area (Å²) < 4.78 is 10.8. The van der Waals surface area contributed by atoms with Crippen LogP contribution in [0.2, 0.25) is 0 Å². The van der Waals surface area contributed by atoms with E-state index in [1.807, 2.05) is 37.4 Å². The van der Waals surface area contributed by atoms with Gasteiger partial charge in [0.2, 0.25) is 0 Å². The second-order valence-electron chi connectivity index (χ2n) is 5.89. The summed E-state index contributed by atoms with van der Waals surface area (Å²) in [4.78, 5) is 21.3. The SMILES string of the molecule is CCOc1ccc(C2C3=C(COC3=O)Nc3nc(SC)nc(N)c32)cc1. The van der Waals surface area contributed by atoms with Gasteiger partial charge in [0.05, 0.1) is 23.8 Å². The monoisotopic (exact) mass is 370 g/mol. The predicted octanol–water partition coefficient (Wildman–Crippen LogP) is 2.55. The van der Waals surface area contributed by atoms with Crippen LogP contribution in [0, 0.1) is 0 Å². The molecule has 2 aliphatic rings. The van der Waals surface area contributed by atoms with Gasteiger partial charge >= 0.3 is 5.97 Å². The molecule has 3 heterocycles. The Morgan fingerprint density at radius 1 is 1.35 bits per heavy atom. The molecule has 2 aliphatic heterocycles. The zero-order valence-electron chi connectivity index (χ0n) is 14.4. The lowest BCUT2D eigenvalue weighted by molar-refractivity contribution is -0.136. The number of fused-ring (bicyclic) bond motifs is 1. The molecule has 1 atom stereocenters. The number of anilines is 2. The smallest absolute Gasteiger partial charge is 0.337 e. The van der Waals surface area contributed by atoms with Crippen LogP contribution < -0.4 is 15.8 Å². The van der Waals surface area contributed by atoms with E-state index in [0.717, 1.165) is 17.0 Å². The molecule has 0 amide bonds. The van der Waals surface area contributed by atoms with E-state index in [2.05, 4.69) is 15.3 Å². The molecule has 1 aromatic carbocycles. The number of thioether (sulfide) groups is 1. The molecule has 0 saturated heterocycles. The maximum atomic E-state index is 12.4. The number of nitrogens with two attached hydrogens (primary N) is 1. The first kappa shape index (κ1) is 16.7. The van der Waals surface area contributed by atoms with Gasteiger partial charge in [-0.3, -0.25) is 0 Å². The van der Waals surface area contributed by atoms with Crippen LogP contribution in [0.4, 0.5) is 11.6 Å². The van der Waals surface area contributed by atoms with Crippen LogP contribution in [0.1, 0.15) is 24.0 Å². The highest BCUT2D eigenvalue weighted by atomic mass is 32.2. The summed E-state index contributed by atoms with van der Waals surface area (Å²) in [5, 5.41) is 3.78. The van der Waals surface area contributed by atoms with Crippen molar-refractivity contribution in [1.29, 1.82) is 0 Å². The largest absolute Gasteiger partial charge is 0.494 e. The molecule has 0 bridgehead atoms. The van der Waals surface area contributed by atoms with E-state index >= 15 is 0 Å². The Hall–Kier alpha value is -2.74.